The molecule has 0 saturated carbocycles. The van der Waals surface area contributed by atoms with E-state index in [1.165, 1.54) is 7.11 Å². The highest BCUT2D eigenvalue weighted by Crippen LogP contribution is 2.31. The molecule has 0 heterocycles. The fraction of sp³-hybridized carbons (Fsp3) is 0.500. The van der Waals surface area contributed by atoms with Crippen LogP contribution in [0.2, 0.25) is 0 Å². The summed E-state index contributed by atoms with van der Waals surface area (Å²) in [7, 11) is 1.54. The predicted octanol–water partition coefficient (Wildman–Crippen LogP) is 3.26. The topological polar surface area (TPSA) is 61.5 Å². The first-order chi connectivity index (χ1) is 9.57. The van der Waals surface area contributed by atoms with Gasteiger partial charge >= 0.3 is 12.1 Å². The molecule has 0 amide bonds. The van der Waals surface area contributed by atoms with E-state index in [1.54, 1.807) is 0 Å². The van der Waals surface area contributed by atoms with Crippen LogP contribution in [0.5, 0.6) is 0 Å². The van der Waals surface area contributed by atoms with Gasteiger partial charge in [-0.3, -0.25) is 0 Å². The van der Waals surface area contributed by atoms with Gasteiger partial charge in [0.05, 0.1) is 23.3 Å². The van der Waals surface area contributed by atoms with Gasteiger partial charge < -0.3 is 15.2 Å². The number of carbonyl (C=O) groups is 1. The number of ether oxygens (including phenoxy) is 2. The van der Waals surface area contributed by atoms with Gasteiger partial charge in [0.2, 0.25) is 0 Å². The SMILES string of the molecule is COC(C)(C)CCOC(=O)c1ccc(C(F)(F)F)cc1N. The molecule has 1 aromatic carbocycles. The fourth-order valence-electron chi connectivity index (χ4n) is 1.49. The van der Waals surface area contributed by atoms with Crippen molar-refractivity contribution in [1.29, 1.82) is 0 Å². The lowest BCUT2D eigenvalue weighted by Crippen LogP contribution is -2.25. The van der Waals surface area contributed by atoms with Crippen molar-refractivity contribution in [2.24, 2.45) is 0 Å². The number of carbonyl (C=O) groups excluding carboxylic acids is 1. The third kappa shape index (κ3) is 4.93. The number of methoxy groups -OCH3 is 1. The third-order valence-corrected chi connectivity index (χ3v) is 3.09. The van der Waals surface area contributed by atoms with E-state index in [1.807, 2.05) is 13.8 Å². The van der Waals surface area contributed by atoms with Crippen molar-refractivity contribution in [3.63, 3.8) is 0 Å². The summed E-state index contributed by atoms with van der Waals surface area (Å²) in [6, 6.07) is 2.53. The highest BCUT2D eigenvalue weighted by atomic mass is 19.4. The van der Waals surface area contributed by atoms with E-state index < -0.39 is 23.3 Å². The lowest BCUT2D eigenvalue weighted by atomic mass is 10.1. The minimum atomic E-state index is -4.50. The molecule has 0 aromatic heterocycles. The number of rotatable bonds is 5. The second kappa shape index (κ2) is 6.34. The smallest absolute Gasteiger partial charge is 0.416 e. The quantitative estimate of drug-likeness (QED) is 0.670. The van der Waals surface area contributed by atoms with Crippen LogP contribution in [0.1, 0.15) is 36.2 Å². The first-order valence-corrected chi connectivity index (χ1v) is 6.26. The van der Waals surface area contributed by atoms with Crippen molar-refractivity contribution < 1.29 is 27.4 Å². The number of alkyl halides is 3. The molecule has 0 aliphatic rings. The summed E-state index contributed by atoms with van der Waals surface area (Å²) in [4.78, 5) is 11.8. The van der Waals surface area contributed by atoms with Crippen molar-refractivity contribution in [2.75, 3.05) is 19.5 Å². The van der Waals surface area contributed by atoms with Crippen LogP contribution in [-0.4, -0.2) is 25.3 Å². The minimum absolute atomic E-state index is 0.0835. The van der Waals surface area contributed by atoms with Crippen LogP contribution in [0.15, 0.2) is 18.2 Å². The van der Waals surface area contributed by atoms with E-state index in [2.05, 4.69) is 0 Å². The van der Waals surface area contributed by atoms with E-state index in [9.17, 15) is 18.0 Å². The Balaban J connectivity index is 2.72. The van der Waals surface area contributed by atoms with E-state index in [0.717, 1.165) is 18.2 Å². The Labute approximate surface area is 121 Å². The number of halogens is 3. The van der Waals surface area contributed by atoms with Gasteiger partial charge in [0.15, 0.2) is 0 Å². The van der Waals surface area contributed by atoms with E-state index >= 15 is 0 Å². The predicted molar refractivity (Wildman–Crippen MR) is 71.8 cm³/mol. The van der Waals surface area contributed by atoms with Crippen LogP contribution in [0.3, 0.4) is 0 Å². The summed E-state index contributed by atoms with van der Waals surface area (Å²) in [6.45, 7) is 3.74. The summed E-state index contributed by atoms with van der Waals surface area (Å²) in [5, 5.41) is 0. The normalized spacial score (nSPS) is 12.3. The van der Waals surface area contributed by atoms with Crippen molar-refractivity contribution in [2.45, 2.75) is 32.0 Å². The monoisotopic (exact) mass is 305 g/mol. The Hall–Kier alpha value is -1.76. The fourth-order valence-corrected chi connectivity index (χ4v) is 1.49. The number of nitrogens with two attached hydrogens (primary N) is 1. The zero-order chi connectivity index (χ0) is 16.3. The molecule has 0 spiro atoms. The Morgan fingerprint density at radius 3 is 2.38 bits per heavy atom. The van der Waals surface area contributed by atoms with Gasteiger partial charge in [0.1, 0.15) is 0 Å². The zero-order valence-corrected chi connectivity index (χ0v) is 12.1. The molecule has 118 valence electrons. The number of benzene rings is 1. The minimum Gasteiger partial charge on any atom is -0.462 e. The van der Waals surface area contributed by atoms with Gasteiger partial charge in [-0.2, -0.15) is 13.2 Å². The molecule has 1 rings (SSSR count). The first-order valence-electron chi connectivity index (χ1n) is 6.26. The van der Waals surface area contributed by atoms with Gasteiger partial charge in [-0.15, -0.1) is 0 Å². The molecule has 4 nitrogen and oxygen atoms in total. The summed E-state index contributed by atoms with van der Waals surface area (Å²) >= 11 is 0. The van der Waals surface area contributed by atoms with Crippen LogP contribution >= 0.6 is 0 Å². The average molecular weight is 305 g/mol. The maximum absolute atomic E-state index is 12.5. The zero-order valence-electron chi connectivity index (χ0n) is 12.1. The van der Waals surface area contributed by atoms with E-state index in [-0.39, 0.29) is 17.9 Å². The maximum atomic E-state index is 12.5. The van der Waals surface area contributed by atoms with Gasteiger partial charge in [-0.05, 0) is 32.0 Å². The number of esters is 1. The van der Waals surface area contributed by atoms with Gasteiger partial charge in [-0.1, -0.05) is 0 Å². The molecule has 0 aliphatic heterocycles. The molecular formula is C14H18F3NO3. The summed E-state index contributed by atoms with van der Waals surface area (Å²) in [6.07, 6.45) is -4.05. The highest BCUT2D eigenvalue weighted by molar-refractivity contribution is 5.95. The molecule has 0 fully saturated rings. The van der Waals surface area contributed by atoms with Crippen molar-refractivity contribution in [3.8, 4) is 0 Å². The molecular weight excluding hydrogens is 287 g/mol. The van der Waals surface area contributed by atoms with Crippen LogP contribution in [0.4, 0.5) is 18.9 Å². The number of anilines is 1. The molecule has 0 bridgehead atoms. The van der Waals surface area contributed by atoms with Crippen molar-refractivity contribution in [1.82, 2.24) is 0 Å². The largest absolute Gasteiger partial charge is 0.462 e. The lowest BCUT2D eigenvalue weighted by molar-refractivity contribution is -0.137. The first kappa shape index (κ1) is 17.3. The molecule has 21 heavy (non-hydrogen) atoms. The van der Waals surface area contributed by atoms with Crippen LogP contribution in [0, 0.1) is 0 Å². The molecule has 0 atom stereocenters. The Kier molecular flexibility index (Phi) is 5.22. The van der Waals surface area contributed by atoms with Crippen LogP contribution in [0.25, 0.3) is 0 Å². The molecule has 2 N–H and O–H groups in total. The summed E-state index contributed by atoms with van der Waals surface area (Å²) < 4.78 is 47.6. The highest BCUT2D eigenvalue weighted by Gasteiger charge is 2.31. The lowest BCUT2D eigenvalue weighted by Gasteiger charge is -2.22. The van der Waals surface area contributed by atoms with Crippen molar-refractivity contribution in [3.05, 3.63) is 29.3 Å². The standard InChI is InChI=1S/C14H18F3NO3/c1-13(2,20-3)6-7-21-12(19)10-5-4-9(8-11(10)18)14(15,16)17/h4-5,8H,6-7,18H2,1-3H3. The Bertz CT molecular complexity index is 513. The van der Waals surface area contributed by atoms with E-state index in [0.29, 0.717) is 6.42 Å². The summed E-state index contributed by atoms with van der Waals surface area (Å²) in [5.41, 5.74) is 3.77. The maximum Gasteiger partial charge on any atom is 0.416 e. The number of hydrogen-bond acceptors (Lipinski definition) is 4. The van der Waals surface area contributed by atoms with Crippen LogP contribution in [-0.2, 0) is 15.7 Å². The molecule has 0 saturated heterocycles. The number of hydrogen-bond donors (Lipinski definition) is 1. The van der Waals surface area contributed by atoms with Crippen molar-refractivity contribution >= 4 is 11.7 Å². The molecule has 0 aliphatic carbocycles. The summed E-state index contributed by atoms with van der Waals surface area (Å²) in [5.74, 6) is -0.756. The average Bonchev–Trinajstić information content (AvgIpc) is 2.37. The van der Waals surface area contributed by atoms with Gasteiger partial charge in [-0.25, -0.2) is 4.79 Å². The molecule has 7 heteroatoms. The molecule has 0 unspecified atom stereocenters. The molecule has 1 aromatic rings. The van der Waals surface area contributed by atoms with Crippen LogP contribution < -0.4 is 5.73 Å². The Morgan fingerprint density at radius 2 is 1.90 bits per heavy atom. The molecule has 0 radical (unpaired) electrons. The Morgan fingerprint density at radius 1 is 1.29 bits per heavy atom. The van der Waals surface area contributed by atoms with E-state index in [4.69, 9.17) is 15.2 Å². The second-order valence-electron chi connectivity index (χ2n) is 5.15. The number of nitrogen functional groups attached to an aromatic ring is 1. The van der Waals surface area contributed by atoms with Gasteiger partial charge in [0, 0.05) is 19.2 Å². The third-order valence-electron chi connectivity index (χ3n) is 3.09. The second-order valence-corrected chi connectivity index (χ2v) is 5.15. The van der Waals surface area contributed by atoms with Gasteiger partial charge in [0.25, 0.3) is 0 Å².